The maximum Gasteiger partial charge on any atom is 0.251 e. The molecular formula is C12H19N3O. The van der Waals surface area contributed by atoms with E-state index < -0.39 is 0 Å². The van der Waals surface area contributed by atoms with Gasteiger partial charge in [0.15, 0.2) is 0 Å². The molecule has 0 aromatic heterocycles. The second kappa shape index (κ2) is 5.51. The highest BCUT2D eigenvalue weighted by molar-refractivity contribution is 5.95. The zero-order valence-corrected chi connectivity index (χ0v) is 10.1. The van der Waals surface area contributed by atoms with E-state index in [2.05, 4.69) is 5.32 Å². The van der Waals surface area contributed by atoms with Gasteiger partial charge in [-0.25, -0.2) is 0 Å². The highest BCUT2D eigenvalue weighted by atomic mass is 16.1. The van der Waals surface area contributed by atoms with Crippen LogP contribution >= 0.6 is 0 Å². The minimum absolute atomic E-state index is 0.0754. The van der Waals surface area contributed by atoms with Crippen molar-refractivity contribution in [2.45, 2.75) is 6.92 Å². The van der Waals surface area contributed by atoms with Gasteiger partial charge in [-0.1, -0.05) is 6.07 Å². The van der Waals surface area contributed by atoms with Crippen LogP contribution in [0.15, 0.2) is 18.2 Å². The molecule has 0 unspecified atom stereocenters. The van der Waals surface area contributed by atoms with Crippen molar-refractivity contribution < 1.29 is 4.79 Å². The van der Waals surface area contributed by atoms with E-state index in [0.717, 1.165) is 12.1 Å². The number of hydrogen-bond acceptors (Lipinski definition) is 3. The number of amides is 1. The number of nitrogens with two attached hydrogens (primary N) is 1. The number of nitrogens with one attached hydrogen (secondary N) is 1. The third-order valence-electron chi connectivity index (χ3n) is 2.39. The van der Waals surface area contributed by atoms with E-state index in [1.54, 1.807) is 12.1 Å². The van der Waals surface area contributed by atoms with Crippen LogP contribution < -0.4 is 11.1 Å². The van der Waals surface area contributed by atoms with Gasteiger partial charge < -0.3 is 16.0 Å². The summed E-state index contributed by atoms with van der Waals surface area (Å²) in [6.45, 7) is 3.38. The number of benzene rings is 1. The lowest BCUT2D eigenvalue weighted by molar-refractivity contribution is 0.0951. The summed E-state index contributed by atoms with van der Waals surface area (Å²) < 4.78 is 0. The Morgan fingerprint density at radius 3 is 2.69 bits per heavy atom. The van der Waals surface area contributed by atoms with Crippen molar-refractivity contribution in [2.75, 3.05) is 32.9 Å². The first kappa shape index (κ1) is 12.5. The number of nitrogens with zero attached hydrogens (tertiary/aromatic N) is 1. The largest absolute Gasteiger partial charge is 0.398 e. The Hall–Kier alpha value is -1.55. The maximum atomic E-state index is 11.7. The summed E-state index contributed by atoms with van der Waals surface area (Å²) in [7, 11) is 3.94. The number of aryl methyl sites for hydroxylation is 1. The number of rotatable bonds is 4. The molecule has 0 radical (unpaired) electrons. The predicted molar refractivity (Wildman–Crippen MR) is 66.5 cm³/mol. The number of carbonyl (C=O) groups is 1. The third kappa shape index (κ3) is 3.55. The fourth-order valence-corrected chi connectivity index (χ4v) is 1.28. The summed E-state index contributed by atoms with van der Waals surface area (Å²) in [6.07, 6.45) is 0. The maximum absolute atomic E-state index is 11.7. The Labute approximate surface area is 96.4 Å². The number of hydrogen-bond donors (Lipinski definition) is 2. The van der Waals surface area contributed by atoms with E-state index >= 15 is 0 Å². The van der Waals surface area contributed by atoms with E-state index in [0.29, 0.717) is 17.8 Å². The molecule has 16 heavy (non-hydrogen) atoms. The van der Waals surface area contributed by atoms with Crippen LogP contribution in [-0.2, 0) is 0 Å². The van der Waals surface area contributed by atoms with Crippen molar-refractivity contribution in [3.8, 4) is 0 Å². The second-order valence-electron chi connectivity index (χ2n) is 4.13. The summed E-state index contributed by atoms with van der Waals surface area (Å²) in [6, 6.07) is 5.35. The molecule has 0 spiro atoms. The average molecular weight is 221 g/mol. The monoisotopic (exact) mass is 221 g/mol. The molecule has 4 nitrogen and oxygen atoms in total. The second-order valence-corrected chi connectivity index (χ2v) is 4.13. The van der Waals surface area contributed by atoms with Crippen molar-refractivity contribution in [1.29, 1.82) is 0 Å². The van der Waals surface area contributed by atoms with Crippen molar-refractivity contribution in [2.24, 2.45) is 0 Å². The molecule has 0 saturated heterocycles. The zero-order valence-electron chi connectivity index (χ0n) is 10.1. The molecule has 1 aromatic carbocycles. The number of likely N-dealkylation sites (N-methyl/N-ethyl adjacent to an activating group) is 1. The minimum atomic E-state index is -0.0754. The van der Waals surface area contributed by atoms with Crippen LogP contribution in [0.3, 0.4) is 0 Å². The quantitative estimate of drug-likeness (QED) is 0.742. The molecule has 1 aromatic rings. The highest BCUT2D eigenvalue weighted by Gasteiger charge is 2.05. The fourth-order valence-electron chi connectivity index (χ4n) is 1.28. The van der Waals surface area contributed by atoms with Gasteiger partial charge >= 0.3 is 0 Å². The average Bonchev–Trinajstić information content (AvgIpc) is 2.21. The topological polar surface area (TPSA) is 58.4 Å². The van der Waals surface area contributed by atoms with Crippen LogP contribution in [-0.4, -0.2) is 38.0 Å². The molecule has 0 fully saturated rings. The first-order valence-corrected chi connectivity index (χ1v) is 5.30. The number of carbonyl (C=O) groups excluding carboxylic acids is 1. The van der Waals surface area contributed by atoms with Crippen molar-refractivity contribution >= 4 is 11.6 Å². The van der Waals surface area contributed by atoms with Gasteiger partial charge in [0.1, 0.15) is 0 Å². The molecule has 0 aliphatic rings. The van der Waals surface area contributed by atoms with Gasteiger partial charge in [-0.2, -0.15) is 0 Å². The zero-order chi connectivity index (χ0) is 12.1. The van der Waals surface area contributed by atoms with Crippen LogP contribution in [0, 0.1) is 6.92 Å². The molecule has 1 amide bonds. The fraction of sp³-hybridized carbons (Fsp3) is 0.417. The first-order valence-electron chi connectivity index (χ1n) is 5.30. The van der Waals surface area contributed by atoms with Gasteiger partial charge in [0.2, 0.25) is 0 Å². The van der Waals surface area contributed by atoms with Gasteiger partial charge in [0.05, 0.1) is 0 Å². The van der Waals surface area contributed by atoms with Gasteiger partial charge in [0, 0.05) is 24.3 Å². The van der Waals surface area contributed by atoms with E-state index in [4.69, 9.17) is 5.73 Å². The lowest BCUT2D eigenvalue weighted by Gasteiger charge is -2.11. The van der Waals surface area contributed by atoms with E-state index in [1.807, 2.05) is 32.0 Å². The molecule has 0 saturated carbocycles. The van der Waals surface area contributed by atoms with Crippen molar-refractivity contribution in [3.63, 3.8) is 0 Å². The van der Waals surface area contributed by atoms with E-state index in [9.17, 15) is 4.79 Å². The summed E-state index contributed by atoms with van der Waals surface area (Å²) >= 11 is 0. The number of anilines is 1. The summed E-state index contributed by atoms with van der Waals surface area (Å²) in [5, 5.41) is 2.84. The Balaban J connectivity index is 2.56. The number of nitrogen functional groups attached to an aromatic ring is 1. The van der Waals surface area contributed by atoms with Crippen LogP contribution in [0.1, 0.15) is 15.9 Å². The molecule has 0 heterocycles. The van der Waals surface area contributed by atoms with E-state index in [-0.39, 0.29) is 5.91 Å². The minimum Gasteiger partial charge on any atom is -0.398 e. The van der Waals surface area contributed by atoms with Gasteiger partial charge in [-0.15, -0.1) is 0 Å². The molecule has 0 aliphatic heterocycles. The third-order valence-corrected chi connectivity index (χ3v) is 2.39. The predicted octanol–water partition coefficient (Wildman–Crippen LogP) is 0.869. The molecule has 0 bridgehead atoms. The molecule has 0 aliphatic carbocycles. The molecular weight excluding hydrogens is 202 g/mol. The molecule has 1 rings (SSSR count). The van der Waals surface area contributed by atoms with Gasteiger partial charge in [-0.05, 0) is 38.7 Å². The highest BCUT2D eigenvalue weighted by Crippen LogP contribution is 2.12. The van der Waals surface area contributed by atoms with Crippen LogP contribution in [0.4, 0.5) is 5.69 Å². The molecule has 4 heteroatoms. The van der Waals surface area contributed by atoms with Crippen molar-refractivity contribution in [3.05, 3.63) is 29.3 Å². The molecule has 88 valence electrons. The Morgan fingerprint density at radius 1 is 1.44 bits per heavy atom. The molecule has 3 N–H and O–H groups in total. The van der Waals surface area contributed by atoms with E-state index in [1.165, 1.54) is 0 Å². The summed E-state index contributed by atoms with van der Waals surface area (Å²) in [5.74, 6) is -0.0754. The molecule has 0 atom stereocenters. The van der Waals surface area contributed by atoms with Crippen LogP contribution in [0.25, 0.3) is 0 Å². The van der Waals surface area contributed by atoms with Gasteiger partial charge in [0.25, 0.3) is 5.91 Å². The first-order chi connectivity index (χ1) is 7.50. The normalized spacial score (nSPS) is 10.5. The summed E-state index contributed by atoms with van der Waals surface area (Å²) in [5.41, 5.74) is 8.00. The van der Waals surface area contributed by atoms with Gasteiger partial charge in [-0.3, -0.25) is 4.79 Å². The van der Waals surface area contributed by atoms with Crippen LogP contribution in [0.5, 0.6) is 0 Å². The van der Waals surface area contributed by atoms with Crippen molar-refractivity contribution in [1.82, 2.24) is 10.2 Å². The smallest absolute Gasteiger partial charge is 0.251 e. The Morgan fingerprint density at radius 2 is 2.12 bits per heavy atom. The standard InChI is InChI=1S/C12H19N3O/c1-9-4-5-10(8-11(9)13)12(16)14-6-7-15(2)3/h4-5,8H,6-7,13H2,1-3H3,(H,14,16). The summed E-state index contributed by atoms with van der Waals surface area (Å²) in [4.78, 5) is 13.7. The Bertz CT molecular complexity index is 375. The lowest BCUT2D eigenvalue weighted by Crippen LogP contribution is -2.31. The SMILES string of the molecule is Cc1ccc(C(=O)NCCN(C)C)cc1N. The lowest BCUT2D eigenvalue weighted by atomic mass is 10.1. The Kier molecular flexibility index (Phi) is 4.31. The van der Waals surface area contributed by atoms with Crippen LogP contribution in [0.2, 0.25) is 0 Å².